The molecule has 0 aromatic rings. The first-order valence-electron chi connectivity index (χ1n) is 2.87. The Balaban J connectivity index is 3.09. The minimum absolute atomic E-state index is 0.137. The van der Waals surface area contributed by atoms with Crippen LogP contribution in [0.5, 0.6) is 0 Å². The first kappa shape index (κ1) is 8.45. The topological polar surface area (TPSA) is 43.4 Å². The van der Waals surface area contributed by atoms with Gasteiger partial charge in [0.2, 0.25) is 5.78 Å². The van der Waals surface area contributed by atoms with Crippen LogP contribution in [0.1, 0.15) is 0 Å². The number of allylic oxidation sites excluding steroid dienone is 3. The van der Waals surface area contributed by atoms with Gasteiger partial charge in [-0.2, -0.15) is 0 Å². The normalized spacial score (nSPS) is 17.6. The fourth-order valence-corrected chi connectivity index (χ4v) is 1.38. The maximum absolute atomic E-state index is 11.0. The van der Waals surface area contributed by atoms with Crippen molar-refractivity contribution >= 4 is 34.2 Å². The van der Waals surface area contributed by atoms with Crippen LogP contribution in [0.15, 0.2) is 21.5 Å². The lowest BCUT2D eigenvalue weighted by molar-refractivity contribution is -0.116. The molecule has 0 bridgehead atoms. The minimum atomic E-state index is -0.253. The molecule has 0 N–H and O–H groups in total. The molecule has 0 saturated carbocycles. The quantitative estimate of drug-likeness (QED) is 0.524. The first-order chi connectivity index (χ1) is 5.16. The highest BCUT2D eigenvalue weighted by molar-refractivity contribution is 14.1. The molecule has 0 atom stereocenters. The van der Waals surface area contributed by atoms with E-state index in [2.05, 4.69) is 0 Å². The number of hydrogen-bond acceptors (Lipinski definition) is 3. The van der Waals surface area contributed by atoms with Gasteiger partial charge in [-0.1, -0.05) is 0 Å². The Labute approximate surface area is 77.2 Å². The zero-order chi connectivity index (χ0) is 8.43. The Kier molecular flexibility index (Phi) is 2.43. The lowest BCUT2D eigenvalue weighted by atomic mass is 10.1. The molecule has 0 aromatic carbocycles. The highest BCUT2D eigenvalue weighted by Crippen LogP contribution is 2.20. The molecule has 0 saturated heterocycles. The van der Waals surface area contributed by atoms with E-state index in [1.165, 1.54) is 19.3 Å². The summed E-state index contributed by atoms with van der Waals surface area (Å²) in [5.74, 6) is -0.295. The van der Waals surface area contributed by atoms with Crippen LogP contribution in [-0.2, 0) is 14.3 Å². The second-order valence-electron chi connectivity index (χ2n) is 1.91. The van der Waals surface area contributed by atoms with Crippen molar-refractivity contribution in [3.8, 4) is 0 Å². The van der Waals surface area contributed by atoms with Crippen LogP contribution in [0, 0.1) is 0 Å². The molecule has 11 heavy (non-hydrogen) atoms. The fraction of sp³-hybridized carbons (Fsp3) is 0.143. The molecule has 0 aromatic heterocycles. The van der Waals surface area contributed by atoms with Crippen LogP contribution < -0.4 is 0 Å². The number of ketones is 2. The number of methoxy groups -OCH3 is 1. The van der Waals surface area contributed by atoms with Crippen LogP contribution in [0.4, 0.5) is 0 Å². The Hall–Kier alpha value is -0.650. The van der Waals surface area contributed by atoms with Crippen molar-refractivity contribution in [2.24, 2.45) is 0 Å². The van der Waals surface area contributed by atoms with Crippen molar-refractivity contribution in [3.63, 3.8) is 0 Å². The minimum Gasteiger partial charge on any atom is -0.492 e. The smallest absolute Gasteiger partial charge is 0.221 e. The molecule has 58 valence electrons. The van der Waals surface area contributed by atoms with E-state index in [0.717, 1.165) is 0 Å². The van der Waals surface area contributed by atoms with Crippen molar-refractivity contribution in [3.05, 3.63) is 21.5 Å². The fourth-order valence-electron chi connectivity index (χ4n) is 0.710. The van der Waals surface area contributed by atoms with Gasteiger partial charge in [-0.25, -0.2) is 0 Å². The van der Waals surface area contributed by atoms with Gasteiger partial charge in [0.1, 0.15) is 3.58 Å². The Morgan fingerprint density at radius 1 is 1.27 bits per heavy atom. The van der Waals surface area contributed by atoms with Crippen LogP contribution in [0.2, 0.25) is 0 Å². The van der Waals surface area contributed by atoms with Crippen LogP contribution in [-0.4, -0.2) is 18.7 Å². The van der Waals surface area contributed by atoms with Gasteiger partial charge in [0.15, 0.2) is 11.5 Å². The van der Waals surface area contributed by atoms with E-state index >= 15 is 0 Å². The summed E-state index contributed by atoms with van der Waals surface area (Å²) in [5, 5.41) is 0. The highest BCUT2D eigenvalue weighted by atomic mass is 127. The number of hydrogen-bond donors (Lipinski definition) is 0. The summed E-state index contributed by atoms with van der Waals surface area (Å²) >= 11 is 1.79. The summed E-state index contributed by atoms with van der Waals surface area (Å²) < 4.78 is 5.08. The van der Waals surface area contributed by atoms with Gasteiger partial charge < -0.3 is 4.74 Å². The lowest BCUT2D eigenvalue weighted by Crippen LogP contribution is -2.12. The second-order valence-corrected chi connectivity index (χ2v) is 2.99. The van der Waals surface area contributed by atoms with Crippen molar-refractivity contribution in [1.82, 2.24) is 0 Å². The standard InChI is InChI=1S/C7H5IO3/c1-11-7-5(10)3-2-4(9)6(7)8/h2-3H,1H3. The van der Waals surface area contributed by atoms with Crippen LogP contribution >= 0.6 is 22.6 Å². The molecule has 0 unspecified atom stereocenters. The Bertz CT molecular complexity index is 275. The maximum atomic E-state index is 11.0. The molecule has 0 aliphatic heterocycles. The third-order valence-electron chi connectivity index (χ3n) is 1.23. The molecule has 0 spiro atoms. The number of carbonyl (C=O) groups is 2. The molecule has 4 heteroatoms. The predicted octanol–water partition coefficient (Wildman–Crippen LogP) is 0.987. The van der Waals surface area contributed by atoms with E-state index in [-0.39, 0.29) is 17.3 Å². The summed E-state index contributed by atoms with van der Waals surface area (Å²) in [6.45, 7) is 0. The Morgan fingerprint density at radius 3 is 2.27 bits per heavy atom. The van der Waals surface area contributed by atoms with Gasteiger partial charge in [-0.15, -0.1) is 0 Å². The molecule has 0 fully saturated rings. The lowest BCUT2D eigenvalue weighted by Gasteiger charge is -2.07. The molecule has 0 amide bonds. The van der Waals surface area contributed by atoms with E-state index in [1.807, 2.05) is 0 Å². The van der Waals surface area contributed by atoms with Crippen LogP contribution in [0.3, 0.4) is 0 Å². The number of ether oxygens (including phenoxy) is 1. The molecule has 1 aliphatic rings. The van der Waals surface area contributed by atoms with Gasteiger partial charge in [0.05, 0.1) is 7.11 Å². The maximum Gasteiger partial charge on any atom is 0.221 e. The zero-order valence-electron chi connectivity index (χ0n) is 5.76. The van der Waals surface area contributed by atoms with Crippen molar-refractivity contribution in [2.45, 2.75) is 0 Å². The summed E-state index contributed by atoms with van der Waals surface area (Å²) in [4.78, 5) is 21.9. The second kappa shape index (κ2) is 3.17. The molecule has 3 nitrogen and oxygen atoms in total. The van der Waals surface area contributed by atoms with Crippen molar-refractivity contribution < 1.29 is 14.3 Å². The van der Waals surface area contributed by atoms with Crippen LogP contribution in [0.25, 0.3) is 0 Å². The summed E-state index contributed by atoms with van der Waals surface area (Å²) in [6.07, 6.45) is 2.45. The van der Waals surface area contributed by atoms with Crippen molar-refractivity contribution in [1.29, 1.82) is 0 Å². The molecule has 1 aliphatic carbocycles. The van der Waals surface area contributed by atoms with E-state index in [9.17, 15) is 9.59 Å². The largest absolute Gasteiger partial charge is 0.492 e. The average molecular weight is 264 g/mol. The van der Waals surface area contributed by atoms with E-state index in [1.54, 1.807) is 22.6 Å². The highest BCUT2D eigenvalue weighted by Gasteiger charge is 2.20. The third-order valence-corrected chi connectivity index (χ3v) is 2.25. The average Bonchev–Trinajstić information content (AvgIpc) is 1.99. The first-order valence-corrected chi connectivity index (χ1v) is 3.95. The van der Waals surface area contributed by atoms with Crippen molar-refractivity contribution in [2.75, 3.05) is 7.11 Å². The number of rotatable bonds is 1. The molecule has 0 heterocycles. The monoisotopic (exact) mass is 264 g/mol. The van der Waals surface area contributed by atoms with E-state index in [4.69, 9.17) is 4.74 Å². The molecular weight excluding hydrogens is 259 g/mol. The van der Waals surface area contributed by atoms with E-state index < -0.39 is 0 Å². The van der Waals surface area contributed by atoms with Gasteiger partial charge in [-0.3, -0.25) is 9.59 Å². The SMILES string of the molecule is COC1=C(I)C(=O)C=CC1=O. The molecule has 1 rings (SSSR count). The summed E-state index contributed by atoms with van der Waals surface area (Å²) in [5.41, 5.74) is 0. The van der Waals surface area contributed by atoms with E-state index in [0.29, 0.717) is 3.58 Å². The molecule has 0 radical (unpaired) electrons. The number of halogens is 1. The summed E-state index contributed by atoms with van der Waals surface area (Å²) in [7, 11) is 1.37. The zero-order valence-corrected chi connectivity index (χ0v) is 7.91. The van der Waals surface area contributed by atoms with Gasteiger partial charge in [0.25, 0.3) is 0 Å². The van der Waals surface area contributed by atoms with Gasteiger partial charge >= 0.3 is 0 Å². The Morgan fingerprint density at radius 2 is 1.82 bits per heavy atom. The van der Waals surface area contributed by atoms with Gasteiger partial charge in [-0.05, 0) is 34.7 Å². The molecular formula is C7H5IO3. The summed E-state index contributed by atoms with van der Waals surface area (Å²) in [6, 6.07) is 0. The van der Waals surface area contributed by atoms with Gasteiger partial charge in [0, 0.05) is 0 Å². The third kappa shape index (κ3) is 1.50. The number of carbonyl (C=O) groups excluding carboxylic acids is 2. The predicted molar refractivity (Wildman–Crippen MR) is 47.2 cm³/mol.